The van der Waals surface area contributed by atoms with Gasteiger partial charge in [-0.15, -0.1) is 0 Å². The highest BCUT2D eigenvalue weighted by Crippen LogP contribution is 2.21. The van der Waals surface area contributed by atoms with Crippen LogP contribution in [0.1, 0.15) is 10.4 Å². The molecule has 1 aromatic carbocycles. The molecule has 0 unspecified atom stereocenters. The summed E-state index contributed by atoms with van der Waals surface area (Å²) in [7, 11) is 0. The van der Waals surface area contributed by atoms with Crippen LogP contribution in [-0.2, 0) is 0 Å². The number of carbonyl (C=O) groups excluding carboxylic acids is 2. The first-order chi connectivity index (χ1) is 8.50. The lowest BCUT2D eigenvalue weighted by molar-refractivity contribution is -0.385. The molecule has 1 fully saturated rings. The number of hydrogen-bond donors (Lipinski definition) is 1. The van der Waals surface area contributed by atoms with Crippen LogP contribution in [0.3, 0.4) is 0 Å². The summed E-state index contributed by atoms with van der Waals surface area (Å²) >= 11 is 0. The Hall–Kier alpha value is -2.51. The van der Waals surface area contributed by atoms with Crippen LogP contribution in [0.4, 0.5) is 14.9 Å². The van der Waals surface area contributed by atoms with Crippen LogP contribution < -0.4 is 5.32 Å². The van der Waals surface area contributed by atoms with Gasteiger partial charge in [0.05, 0.1) is 4.92 Å². The highest BCUT2D eigenvalue weighted by molar-refractivity contribution is 6.07. The summed E-state index contributed by atoms with van der Waals surface area (Å²) in [5, 5.41) is 13.1. The maximum Gasteiger partial charge on any atom is 0.324 e. The van der Waals surface area contributed by atoms with Gasteiger partial charge in [-0.1, -0.05) is 0 Å². The number of imide groups is 1. The average Bonchev–Trinajstić information content (AvgIpc) is 2.74. The first-order valence-corrected chi connectivity index (χ1v) is 5.04. The zero-order chi connectivity index (χ0) is 13.3. The Labute approximate surface area is 100 Å². The van der Waals surface area contributed by atoms with Gasteiger partial charge in [0, 0.05) is 19.2 Å². The third kappa shape index (κ3) is 1.99. The quantitative estimate of drug-likeness (QED) is 0.626. The van der Waals surface area contributed by atoms with Gasteiger partial charge < -0.3 is 5.32 Å². The second-order valence-corrected chi connectivity index (χ2v) is 3.61. The van der Waals surface area contributed by atoms with Crippen molar-refractivity contribution in [3.63, 3.8) is 0 Å². The van der Waals surface area contributed by atoms with Gasteiger partial charge in [0.1, 0.15) is 11.4 Å². The van der Waals surface area contributed by atoms with Crippen molar-refractivity contribution >= 4 is 17.6 Å². The van der Waals surface area contributed by atoms with Gasteiger partial charge in [0.25, 0.3) is 11.6 Å². The molecule has 0 radical (unpaired) electrons. The molecule has 1 aliphatic rings. The first-order valence-electron chi connectivity index (χ1n) is 5.04. The molecule has 0 atom stereocenters. The predicted molar refractivity (Wildman–Crippen MR) is 57.5 cm³/mol. The molecular formula is C10H8FN3O4. The van der Waals surface area contributed by atoms with Crippen LogP contribution in [-0.4, -0.2) is 34.9 Å². The predicted octanol–water partition coefficient (Wildman–Crippen LogP) is 0.899. The highest BCUT2D eigenvalue weighted by Gasteiger charge is 2.31. The van der Waals surface area contributed by atoms with Crippen molar-refractivity contribution < 1.29 is 18.9 Å². The van der Waals surface area contributed by atoms with Crippen molar-refractivity contribution in [2.45, 2.75) is 0 Å². The van der Waals surface area contributed by atoms with Crippen LogP contribution in [0.2, 0.25) is 0 Å². The van der Waals surface area contributed by atoms with Gasteiger partial charge >= 0.3 is 6.03 Å². The molecule has 3 amide bonds. The fourth-order valence-corrected chi connectivity index (χ4v) is 1.65. The van der Waals surface area contributed by atoms with Crippen LogP contribution in [0, 0.1) is 15.9 Å². The monoisotopic (exact) mass is 253 g/mol. The van der Waals surface area contributed by atoms with Crippen molar-refractivity contribution in [3.8, 4) is 0 Å². The molecule has 94 valence electrons. The van der Waals surface area contributed by atoms with E-state index in [4.69, 9.17) is 0 Å². The number of amides is 3. The van der Waals surface area contributed by atoms with Crippen molar-refractivity contribution in [3.05, 3.63) is 39.7 Å². The molecule has 1 aliphatic heterocycles. The fourth-order valence-electron chi connectivity index (χ4n) is 1.65. The van der Waals surface area contributed by atoms with Crippen molar-refractivity contribution in [1.29, 1.82) is 0 Å². The Bertz CT molecular complexity index is 546. The zero-order valence-corrected chi connectivity index (χ0v) is 9.05. The van der Waals surface area contributed by atoms with Gasteiger partial charge in [0.15, 0.2) is 0 Å². The maximum absolute atomic E-state index is 13.1. The number of benzene rings is 1. The Kier molecular flexibility index (Phi) is 2.92. The minimum absolute atomic E-state index is 0.103. The smallest absolute Gasteiger partial charge is 0.324 e. The Morgan fingerprint density at radius 2 is 2.22 bits per heavy atom. The molecule has 0 saturated carbocycles. The van der Waals surface area contributed by atoms with Gasteiger partial charge in [-0.3, -0.25) is 19.8 Å². The molecule has 0 spiro atoms. The molecule has 7 nitrogen and oxygen atoms in total. The summed E-state index contributed by atoms with van der Waals surface area (Å²) in [6, 6.07) is 1.90. The lowest BCUT2D eigenvalue weighted by Crippen LogP contribution is -2.34. The third-order valence-corrected chi connectivity index (χ3v) is 2.49. The van der Waals surface area contributed by atoms with Crippen molar-refractivity contribution in [2.75, 3.05) is 13.1 Å². The van der Waals surface area contributed by atoms with E-state index in [1.165, 1.54) is 0 Å². The summed E-state index contributed by atoms with van der Waals surface area (Å²) in [4.78, 5) is 34.0. The molecule has 0 bridgehead atoms. The average molecular weight is 253 g/mol. The van der Waals surface area contributed by atoms with E-state index < -0.39 is 33.9 Å². The normalized spacial score (nSPS) is 14.5. The topological polar surface area (TPSA) is 92.6 Å². The highest BCUT2D eigenvalue weighted by atomic mass is 19.1. The number of hydrogen-bond acceptors (Lipinski definition) is 4. The van der Waals surface area contributed by atoms with Crippen LogP contribution in [0.5, 0.6) is 0 Å². The molecule has 18 heavy (non-hydrogen) atoms. The molecule has 2 rings (SSSR count). The summed E-state index contributed by atoms with van der Waals surface area (Å²) in [6.45, 7) is 0.374. The van der Waals surface area contributed by atoms with Gasteiger partial charge in [-0.2, -0.15) is 0 Å². The number of nitro groups is 1. The van der Waals surface area contributed by atoms with Crippen molar-refractivity contribution in [2.24, 2.45) is 0 Å². The SMILES string of the molecule is O=C1NCCN1C(=O)c1cc(F)ccc1[N+](=O)[O-]. The standard InChI is InChI=1S/C10H8FN3O4/c11-6-1-2-8(14(17)18)7(5-6)9(15)13-4-3-12-10(13)16/h1-2,5H,3-4H2,(H,12,16). The maximum atomic E-state index is 13.1. The Balaban J connectivity index is 2.43. The molecule has 0 aliphatic carbocycles. The minimum atomic E-state index is -0.879. The molecule has 0 aromatic heterocycles. The number of urea groups is 1. The molecule has 1 saturated heterocycles. The van der Waals surface area contributed by atoms with E-state index >= 15 is 0 Å². The number of halogens is 1. The van der Waals surface area contributed by atoms with E-state index in [0.717, 1.165) is 23.1 Å². The van der Waals surface area contributed by atoms with Gasteiger partial charge in [-0.05, 0) is 12.1 Å². The largest absolute Gasteiger partial charge is 0.336 e. The summed E-state index contributed by atoms with van der Waals surface area (Å²) in [5.74, 6) is -1.65. The summed E-state index contributed by atoms with van der Waals surface area (Å²) in [6.07, 6.45) is 0. The van der Waals surface area contributed by atoms with E-state index in [1.54, 1.807) is 0 Å². The first kappa shape index (κ1) is 12.0. The lowest BCUT2D eigenvalue weighted by atomic mass is 10.1. The molecule has 1 heterocycles. The lowest BCUT2D eigenvalue weighted by Gasteiger charge is -2.12. The summed E-state index contributed by atoms with van der Waals surface area (Å²) in [5.41, 5.74) is -0.960. The van der Waals surface area contributed by atoms with Crippen LogP contribution in [0.15, 0.2) is 18.2 Å². The van der Waals surface area contributed by atoms with Gasteiger partial charge in [0.2, 0.25) is 0 Å². The Morgan fingerprint density at radius 3 is 2.78 bits per heavy atom. The van der Waals surface area contributed by atoms with Gasteiger partial charge in [-0.25, -0.2) is 9.18 Å². The number of nitrogens with one attached hydrogen (secondary N) is 1. The fraction of sp³-hybridized carbons (Fsp3) is 0.200. The third-order valence-electron chi connectivity index (χ3n) is 2.49. The molecule has 1 aromatic rings. The number of rotatable bonds is 2. The molecular weight excluding hydrogens is 245 g/mol. The number of nitro benzene ring substituents is 1. The summed E-state index contributed by atoms with van der Waals surface area (Å²) < 4.78 is 13.1. The second kappa shape index (κ2) is 4.40. The van der Waals surface area contributed by atoms with E-state index in [2.05, 4.69) is 5.32 Å². The van der Waals surface area contributed by atoms with E-state index in [0.29, 0.717) is 0 Å². The zero-order valence-electron chi connectivity index (χ0n) is 9.05. The van der Waals surface area contributed by atoms with E-state index in [-0.39, 0.29) is 13.1 Å². The second-order valence-electron chi connectivity index (χ2n) is 3.61. The number of nitrogens with zero attached hydrogens (tertiary/aromatic N) is 2. The van der Waals surface area contributed by atoms with Crippen molar-refractivity contribution in [1.82, 2.24) is 10.2 Å². The van der Waals surface area contributed by atoms with E-state index in [9.17, 15) is 24.1 Å². The number of carbonyl (C=O) groups is 2. The van der Waals surface area contributed by atoms with Crippen LogP contribution >= 0.6 is 0 Å². The molecule has 1 N–H and O–H groups in total. The Morgan fingerprint density at radius 1 is 1.50 bits per heavy atom. The molecule has 8 heteroatoms. The van der Waals surface area contributed by atoms with Crippen LogP contribution in [0.25, 0.3) is 0 Å². The van der Waals surface area contributed by atoms with E-state index in [1.807, 2.05) is 0 Å². The minimum Gasteiger partial charge on any atom is -0.336 e.